The summed E-state index contributed by atoms with van der Waals surface area (Å²) in [7, 11) is -3.41. The number of carbonyl (C=O) groups is 1. The number of benzene rings is 1. The number of hydrogen-bond donors (Lipinski definition) is 3. The Morgan fingerprint density at radius 2 is 2.09 bits per heavy atom. The fourth-order valence-electron chi connectivity index (χ4n) is 2.42. The van der Waals surface area contributed by atoms with Crippen molar-refractivity contribution in [1.29, 1.82) is 0 Å². The molecule has 1 amide bonds. The normalized spacial score (nSPS) is 17.6. The van der Waals surface area contributed by atoms with E-state index in [0.717, 1.165) is 32.2 Å². The van der Waals surface area contributed by atoms with Crippen LogP contribution in [0.3, 0.4) is 0 Å². The quantitative estimate of drug-likeness (QED) is 0.721. The molecule has 0 radical (unpaired) electrons. The Labute approximate surface area is 137 Å². The van der Waals surface area contributed by atoms with Crippen molar-refractivity contribution >= 4 is 34.0 Å². The van der Waals surface area contributed by atoms with Crippen LogP contribution in [0.15, 0.2) is 24.3 Å². The van der Waals surface area contributed by atoms with E-state index in [-0.39, 0.29) is 18.3 Å². The van der Waals surface area contributed by atoms with Gasteiger partial charge in [-0.3, -0.25) is 9.52 Å². The molecule has 1 fully saturated rings. The van der Waals surface area contributed by atoms with Crippen molar-refractivity contribution in [1.82, 2.24) is 10.6 Å². The van der Waals surface area contributed by atoms with Gasteiger partial charge in [-0.05, 0) is 44.0 Å². The van der Waals surface area contributed by atoms with E-state index in [0.29, 0.717) is 23.7 Å². The second-order valence-electron chi connectivity index (χ2n) is 5.32. The summed E-state index contributed by atoms with van der Waals surface area (Å²) >= 11 is 0. The van der Waals surface area contributed by atoms with Gasteiger partial charge in [0, 0.05) is 6.54 Å². The summed E-state index contributed by atoms with van der Waals surface area (Å²) in [4.78, 5) is 12.2. The second kappa shape index (κ2) is 8.36. The Balaban J connectivity index is 0.00000242. The molecule has 0 aliphatic carbocycles. The molecule has 1 heterocycles. The average molecular weight is 348 g/mol. The second-order valence-corrected chi connectivity index (χ2v) is 7.07. The smallest absolute Gasteiger partial charge is 0.253 e. The number of halogens is 1. The minimum atomic E-state index is -3.41. The zero-order valence-electron chi connectivity index (χ0n) is 12.5. The summed E-state index contributed by atoms with van der Waals surface area (Å²) in [5.74, 6) is 0.349. The maximum atomic E-state index is 12.2. The first-order valence-electron chi connectivity index (χ1n) is 7.01. The molecule has 22 heavy (non-hydrogen) atoms. The zero-order chi connectivity index (χ0) is 15.3. The molecule has 6 nitrogen and oxygen atoms in total. The van der Waals surface area contributed by atoms with E-state index in [1.54, 1.807) is 24.3 Å². The van der Waals surface area contributed by atoms with E-state index in [9.17, 15) is 13.2 Å². The molecule has 1 aromatic carbocycles. The topological polar surface area (TPSA) is 87.3 Å². The number of anilines is 1. The standard InChI is InChI=1S/C14H21N3O3S.ClH/c1-21(19,20)17-13-5-3-2-4-12(13)14(18)16-9-7-11-6-8-15-10-11;/h2-5,11,15,17H,6-10H2,1H3,(H,16,18);1H. The SMILES string of the molecule is CS(=O)(=O)Nc1ccccc1C(=O)NCCC1CCNC1.Cl. The van der Waals surface area contributed by atoms with Gasteiger partial charge in [-0.2, -0.15) is 0 Å². The summed E-state index contributed by atoms with van der Waals surface area (Å²) < 4.78 is 25.0. The minimum Gasteiger partial charge on any atom is -0.352 e. The van der Waals surface area contributed by atoms with Gasteiger partial charge in [0.2, 0.25) is 10.0 Å². The Bertz CT molecular complexity index is 601. The first kappa shape index (κ1) is 18.7. The van der Waals surface area contributed by atoms with Crippen LogP contribution in [0.25, 0.3) is 0 Å². The van der Waals surface area contributed by atoms with Crippen LogP contribution in [0.4, 0.5) is 5.69 Å². The fourth-order valence-corrected chi connectivity index (χ4v) is 2.99. The van der Waals surface area contributed by atoms with Crippen molar-refractivity contribution in [2.45, 2.75) is 12.8 Å². The van der Waals surface area contributed by atoms with Crippen LogP contribution in [0.5, 0.6) is 0 Å². The highest BCUT2D eigenvalue weighted by atomic mass is 35.5. The summed E-state index contributed by atoms with van der Waals surface area (Å²) in [5.41, 5.74) is 0.646. The van der Waals surface area contributed by atoms with Crippen LogP contribution in [0, 0.1) is 5.92 Å². The molecule has 1 aliphatic heterocycles. The van der Waals surface area contributed by atoms with Crippen LogP contribution in [0.2, 0.25) is 0 Å². The summed E-state index contributed by atoms with van der Waals surface area (Å²) in [6.07, 6.45) is 3.14. The molecule has 3 N–H and O–H groups in total. The fraction of sp³-hybridized carbons (Fsp3) is 0.500. The zero-order valence-corrected chi connectivity index (χ0v) is 14.1. The molecular formula is C14H22ClN3O3S. The third kappa shape index (κ3) is 5.82. The Morgan fingerprint density at radius 1 is 1.36 bits per heavy atom. The van der Waals surface area contributed by atoms with E-state index in [2.05, 4.69) is 15.4 Å². The number of para-hydroxylation sites is 1. The molecule has 1 saturated heterocycles. The summed E-state index contributed by atoms with van der Waals surface area (Å²) in [5, 5.41) is 6.14. The molecule has 1 atom stereocenters. The monoisotopic (exact) mass is 347 g/mol. The maximum absolute atomic E-state index is 12.2. The van der Waals surface area contributed by atoms with Gasteiger partial charge in [0.15, 0.2) is 0 Å². The molecule has 0 bridgehead atoms. The molecule has 124 valence electrons. The molecule has 0 spiro atoms. The van der Waals surface area contributed by atoms with Crippen LogP contribution < -0.4 is 15.4 Å². The average Bonchev–Trinajstić information content (AvgIpc) is 2.90. The predicted molar refractivity (Wildman–Crippen MR) is 90.1 cm³/mol. The van der Waals surface area contributed by atoms with E-state index < -0.39 is 10.0 Å². The third-order valence-corrected chi connectivity index (χ3v) is 4.06. The van der Waals surface area contributed by atoms with Gasteiger partial charge in [0.25, 0.3) is 5.91 Å². The maximum Gasteiger partial charge on any atom is 0.253 e. The highest BCUT2D eigenvalue weighted by Gasteiger charge is 2.16. The van der Waals surface area contributed by atoms with Crippen LogP contribution >= 0.6 is 12.4 Å². The highest BCUT2D eigenvalue weighted by molar-refractivity contribution is 7.92. The lowest BCUT2D eigenvalue weighted by Crippen LogP contribution is -2.27. The van der Waals surface area contributed by atoms with Crippen molar-refractivity contribution in [3.05, 3.63) is 29.8 Å². The largest absolute Gasteiger partial charge is 0.352 e. The van der Waals surface area contributed by atoms with Crippen molar-refractivity contribution in [2.24, 2.45) is 5.92 Å². The number of rotatable bonds is 6. The first-order valence-corrected chi connectivity index (χ1v) is 8.90. The molecular weight excluding hydrogens is 326 g/mol. The summed E-state index contributed by atoms with van der Waals surface area (Å²) in [6.45, 7) is 2.64. The molecule has 1 unspecified atom stereocenters. The lowest BCUT2D eigenvalue weighted by molar-refractivity contribution is 0.0952. The van der Waals surface area contributed by atoms with Crippen molar-refractivity contribution < 1.29 is 13.2 Å². The van der Waals surface area contributed by atoms with E-state index in [4.69, 9.17) is 0 Å². The molecule has 8 heteroatoms. The lowest BCUT2D eigenvalue weighted by atomic mass is 10.1. The number of amides is 1. The van der Waals surface area contributed by atoms with Crippen molar-refractivity contribution in [2.75, 3.05) is 30.6 Å². The Kier molecular flexibility index (Phi) is 7.12. The summed E-state index contributed by atoms with van der Waals surface area (Å²) in [6, 6.07) is 6.59. The predicted octanol–water partition coefficient (Wildman–Crippen LogP) is 1.21. The van der Waals surface area contributed by atoms with Gasteiger partial charge in [-0.1, -0.05) is 12.1 Å². The lowest BCUT2D eigenvalue weighted by Gasteiger charge is -2.12. The Hall–Kier alpha value is -1.31. The third-order valence-electron chi connectivity index (χ3n) is 3.47. The number of carbonyl (C=O) groups excluding carboxylic acids is 1. The number of nitrogens with one attached hydrogen (secondary N) is 3. The van der Waals surface area contributed by atoms with Gasteiger partial charge < -0.3 is 10.6 Å². The van der Waals surface area contributed by atoms with Crippen molar-refractivity contribution in [3.63, 3.8) is 0 Å². The van der Waals surface area contributed by atoms with Crippen LogP contribution in [-0.4, -0.2) is 40.2 Å². The molecule has 1 aliphatic rings. The molecule has 0 aromatic heterocycles. The van der Waals surface area contributed by atoms with E-state index in [1.165, 1.54) is 0 Å². The first-order chi connectivity index (χ1) is 9.96. The van der Waals surface area contributed by atoms with Gasteiger partial charge in [-0.25, -0.2) is 8.42 Å². The van der Waals surface area contributed by atoms with Gasteiger partial charge in [0.1, 0.15) is 0 Å². The van der Waals surface area contributed by atoms with Crippen LogP contribution in [0.1, 0.15) is 23.2 Å². The van der Waals surface area contributed by atoms with E-state index in [1.807, 2.05) is 0 Å². The molecule has 1 aromatic rings. The molecule has 2 rings (SSSR count). The van der Waals surface area contributed by atoms with Gasteiger partial charge >= 0.3 is 0 Å². The minimum absolute atomic E-state index is 0. The number of hydrogen-bond acceptors (Lipinski definition) is 4. The Morgan fingerprint density at radius 3 is 2.73 bits per heavy atom. The van der Waals surface area contributed by atoms with Crippen LogP contribution in [-0.2, 0) is 10.0 Å². The number of sulfonamides is 1. The van der Waals surface area contributed by atoms with Gasteiger partial charge in [-0.15, -0.1) is 12.4 Å². The highest BCUT2D eigenvalue weighted by Crippen LogP contribution is 2.16. The van der Waals surface area contributed by atoms with E-state index >= 15 is 0 Å². The molecule has 0 saturated carbocycles. The van der Waals surface area contributed by atoms with Crippen molar-refractivity contribution in [3.8, 4) is 0 Å². The van der Waals surface area contributed by atoms with Gasteiger partial charge in [0.05, 0.1) is 17.5 Å².